The fraction of sp³-hybridized carbons (Fsp3) is 0.348. The van der Waals surface area contributed by atoms with Crippen LogP contribution in [0.1, 0.15) is 41.8 Å². The smallest absolute Gasteiger partial charge is 0.311 e. The normalized spacial score (nSPS) is 15.7. The molecule has 1 heterocycles. The summed E-state index contributed by atoms with van der Waals surface area (Å²) in [7, 11) is 0. The number of amides is 1. The summed E-state index contributed by atoms with van der Waals surface area (Å²) in [5.41, 5.74) is 3.06. The molecule has 0 saturated carbocycles. The summed E-state index contributed by atoms with van der Waals surface area (Å²) in [6.07, 6.45) is 1.57. The Balaban J connectivity index is 1.64. The van der Waals surface area contributed by atoms with Crippen molar-refractivity contribution in [1.29, 1.82) is 0 Å². The van der Waals surface area contributed by atoms with Crippen molar-refractivity contribution in [3.8, 4) is 0 Å². The first kappa shape index (κ1) is 22.1. The van der Waals surface area contributed by atoms with Crippen molar-refractivity contribution >= 4 is 29.0 Å². The van der Waals surface area contributed by atoms with Gasteiger partial charge in [-0.25, -0.2) is 0 Å². The Bertz CT molecular complexity index is 993. The Kier molecular flexibility index (Phi) is 6.79. The molecule has 0 aliphatic carbocycles. The van der Waals surface area contributed by atoms with Crippen LogP contribution in [0.5, 0.6) is 0 Å². The van der Waals surface area contributed by atoms with E-state index in [0.29, 0.717) is 0 Å². The number of rotatable bonds is 8. The van der Waals surface area contributed by atoms with Gasteiger partial charge in [0, 0.05) is 36.3 Å². The zero-order chi connectivity index (χ0) is 22.5. The molecule has 1 saturated heterocycles. The topological polar surface area (TPSA) is 107 Å². The highest BCUT2D eigenvalue weighted by atomic mass is 16.6. The van der Waals surface area contributed by atoms with E-state index >= 15 is 0 Å². The molecule has 0 bridgehead atoms. The molecule has 8 nitrogen and oxygen atoms in total. The van der Waals surface area contributed by atoms with Gasteiger partial charge >= 0.3 is 5.97 Å². The Labute approximate surface area is 180 Å². The van der Waals surface area contributed by atoms with Crippen molar-refractivity contribution in [2.24, 2.45) is 5.92 Å². The van der Waals surface area contributed by atoms with Crippen LogP contribution < -0.4 is 4.90 Å². The molecule has 0 radical (unpaired) electrons. The number of aryl methyl sites for hydroxylation is 2. The first-order valence-corrected chi connectivity index (χ1v) is 10.2. The number of nitro groups is 1. The number of benzene rings is 2. The van der Waals surface area contributed by atoms with Gasteiger partial charge in [0.1, 0.15) is 0 Å². The number of nitro benzene ring substituents is 1. The second-order valence-corrected chi connectivity index (χ2v) is 7.37. The molecular formula is C23H24N2O6. The molecule has 1 aliphatic rings. The summed E-state index contributed by atoms with van der Waals surface area (Å²) in [5, 5.41) is 10.7. The monoisotopic (exact) mass is 424 g/mol. The van der Waals surface area contributed by atoms with Gasteiger partial charge < -0.3 is 9.64 Å². The Morgan fingerprint density at radius 1 is 1.10 bits per heavy atom. The Hall–Kier alpha value is -3.55. The molecule has 0 N–H and O–H groups in total. The summed E-state index contributed by atoms with van der Waals surface area (Å²) in [5.74, 6) is -1.85. The Morgan fingerprint density at radius 3 is 2.26 bits per heavy atom. The lowest BCUT2D eigenvalue weighted by atomic mass is 10.0. The van der Waals surface area contributed by atoms with Gasteiger partial charge in [0.2, 0.25) is 5.91 Å². The maximum absolute atomic E-state index is 12.7. The molecule has 31 heavy (non-hydrogen) atoms. The fourth-order valence-electron chi connectivity index (χ4n) is 3.75. The molecule has 0 aromatic heterocycles. The van der Waals surface area contributed by atoms with Crippen molar-refractivity contribution in [1.82, 2.24) is 0 Å². The fourth-order valence-corrected chi connectivity index (χ4v) is 3.75. The van der Waals surface area contributed by atoms with Gasteiger partial charge in [0.25, 0.3) is 5.69 Å². The minimum atomic E-state index is -0.647. The number of carbonyl (C=O) groups excluding carboxylic acids is 3. The maximum atomic E-state index is 12.7. The lowest BCUT2D eigenvalue weighted by Gasteiger charge is -2.23. The average molecular weight is 424 g/mol. The third-order valence-corrected chi connectivity index (χ3v) is 5.44. The number of hydrogen-bond acceptors (Lipinski definition) is 6. The van der Waals surface area contributed by atoms with Crippen LogP contribution in [-0.4, -0.2) is 35.7 Å². The number of nitrogens with zero attached hydrogens (tertiary/aromatic N) is 2. The summed E-state index contributed by atoms with van der Waals surface area (Å²) in [6.45, 7) is 3.78. The highest BCUT2D eigenvalue weighted by molar-refractivity contribution is 6.01. The summed E-state index contributed by atoms with van der Waals surface area (Å²) in [4.78, 5) is 49.2. The standard InChI is InChI=1S/C23H24N2O6/c1-3-15-6-5-7-16(4-2)22(15)24-13-18(12-21(24)27)23(28)31-14-20(26)17-8-10-19(11-9-17)25(29)30/h5-11,18H,3-4,12-14H2,1-2H3/t18-/m1/s1. The van der Waals surface area contributed by atoms with Crippen LogP contribution in [0.3, 0.4) is 0 Å². The molecule has 1 amide bonds. The molecule has 2 aromatic carbocycles. The summed E-state index contributed by atoms with van der Waals surface area (Å²) < 4.78 is 5.16. The lowest BCUT2D eigenvalue weighted by molar-refractivity contribution is -0.384. The van der Waals surface area contributed by atoms with Crippen LogP contribution in [0, 0.1) is 16.0 Å². The summed E-state index contributed by atoms with van der Waals surface area (Å²) >= 11 is 0. The molecule has 1 aliphatic heterocycles. The van der Waals surface area contributed by atoms with Gasteiger partial charge in [-0.05, 0) is 36.1 Å². The number of esters is 1. The van der Waals surface area contributed by atoms with Crippen LogP contribution in [0.2, 0.25) is 0 Å². The van der Waals surface area contributed by atoms with Gasteiger partial charge in [0.15, 0.2) is 12.4 Å². The SMILES string of the molecule is CCc1cccc(CC)c1N1C[C@H](C(=O)OCC(=O)c2ccc([N+](=O)[O-])cc2)CC1=O. The van der Waals surface area contributed by atoms with Gasteiger partial charge in [-0.1, -0.05) is 32.0 Å². The molecule has 1 atom stereocenters. The highest BCUT2D eigenvalue weighted by Gasteiger charge is 2.37. The Morgan fingerprint density at radius 2 is 1.71 bits per heavy atom. The number of para-hydroxylation sites is 1. The van der Waals surface area contributed by atoms with E-state index in [0.717, 1.165) is 29.7 Å². The molecule has 8 heteroatoms. The first-order valence-electron chi connectivity index (χ1n) is 10.2. The highest BCUT2D eigenvalue weighted by Crippen LogP contribution is 2.32. The van der Waals surface area contributed by atoms with E-state index in [4.69, 9.17) is 4.74 Å². The molecule has 0 spiro atoms. The van der Waals surface area contributed by atoms with E-state index in [9.17, 15) is 24.5 Å². The van der Waals surface area contributed by atoms with Gasteiger partial charge in [-0.3, -0.25) is 24.5 Å². The van der Waals surface area contributed by atoms with Crippen LogP contribution in [0.15, 0.2) is 42.5 Å². The average Bonchev–Trinajstić information content (AvgIpc) is 3.17. The lowest BCUT2D eigenvalue weighted by Crippen LogP contribution is -2.29. The molecule has 3 rings (SSSR count). The van der Waals surface area contributed by atoms with Gasteiger partial charge in [-0.2, -0.15) is 0 Å². The molecule has 0 unspecified atom stereocenters. The van der Waals surface area contributed by atoms with E-state index in [-0.39, 0.29) is 30.1 Å². The molecule has 1 fully saturated rings. The molecular weight excluding hydrogens is 400 g/mol. The van der Waals surface area contributed by atoms with Gasteiger partial charge in [-0.15, -0.1) is 0 Å². The number of anilines is 1. The zero-order valence-corrected chi connectivity index (χ0v) is 17.5. The van der Waals surface area contributed by atoms with Crippen molar-refractivity contribution < 1.29 is 24.0 Å². The van der Waals surface area contributed by atoms with Crippen LogP contribution >= 0.6 is 0 Å². The number of ether oxygens (including phenoxy) is 1. The largest absolute Gasteiger partial charge is 0.457 e. The van der Waals surface area contributed by atoms with Gasteiger partial charge in [0.05, 0.1) is 10.8 Å². The predicted molar refractivity (Wildman–Crippen MR) is 114 cm³/mol. The quantitative estimate of drug-likeness (QED) is 0.278. The number of carbonyl (C=O) groups is 3. The van der Waals surface area contributed by atoms with E-state index < -0.39 is 29.2 Å². The van der Waals surface area contributed by atoms with E-state index in [1.807, 2.05) is 32.0 Å². The minimum Gasteiger partial charge on any atom is -0.457 e. The van der Waals surface area contributed by atoms with Crippen molar-refractivity contribution in [3.63, 3.8) is 0 Å². The van der Waals surface area contributed by atoms with Crippen molar-refractivity contribution in [2.75, 3.05) is 18.1 Å². The van der Waals surface area contributed by atoms with E-state index in [1.165, 1.54) is 24.3 Å². The number of non-ortho nitro benzene ring substituents is 1. The molecule has 2 aromatic rings. The second-order valence-electron chi connectivity index (χ2n) is 7.37. The van der Waals surface area contributed by atoms with Crippen molar-refractivity contribution in [2.45, 2.75) is 33.1 Å². The third kappa shape index (κ3) is 4.79. The number of ketones is 1. The van der Waals surface area contributed by atoms with Crippen LogP contribution in [0.25, 0.3) is 0 Å². The first-order chi connectivity index (χ1) is 14.8. The van der Waals surface area contributed by atoms with E-state index in [1.54, 1.807) is 4.90 Å². The third-order valence-electron chi connectivity index (χ3n) is 5.44. The zero-order valence-electron chi connectivity index (χ0n) is 17.5. The minimum absolute atomic E-state index is 0.0335. The number of hydrogen-bond donors (Lipinski definition) is 0. The molecule has 162 valence electrons. The maximum Gasteiger partial charge on any atom is 0.311 e. The number of Topliss-reactive ketones (excluding diaryl/α,β-unsaturated/α-hetero) is 1. The van der Waals surface area contributed by atoms with Crippen LogP contribution in [0.4, 0.5) is 11.4 Å². The second kappa shape index (κ2) is 9.51. The van der Waals surface area contributed by atoms with Crippen molar-refractivity contribution in [3.05, 3.63) is 69.3 Å². The predicted octanol–water partition coefficient (Wildman–Crippen LogP) is 3.50. The summed E-state index contributed by atoms with van der Waals surface area (Å²) in [6, 6.07) is 11.0. The van der Waals surface area contributed by atoms with Crippen LogP contribution in [-0.2, 0) is 27.2 Å². The van der Waals surface area contributed by atoms with E-state index in [2.05, 4.69) is 0 Å².